The van der Waals surface area contributed by atoms with E-state index in [-0.39, 0.29) is 0 Å². The molecule has 3 nitrogen and oxygen atoms in total. The molecule has 0 heterocycles. The Morgan fingerprint density at radius 2 is 1.56 bits per heavy atom. The first-order valence-corrected chi connectivity index (χ1v) is 9.41. The molecule has 0 bridgehead atoms. The maximum atomic E-state index is 6.19. The molecule has 27 heavy (non-hydrogen) atoms. The van der Waals surface area contributed by atoms with Crippen molar-refractivity contribution in [2.75, 3.05) is 12.4 Å². The van der Waals surface area contributed by atoms with E-state index < -0.39 is 0 Å². The van der Waals surface area contributed by atoms with Crippen LogP contribution in [0.25, 0.3) is 0 Å². The van der Waals surface area contributed by atoms with Crippen LogP contribution < -0.4 is 14.8 Å². The van der Waals surface area contributed by atoms with Crippen LogP contribution in [0.2, 0.25) is 15.1 Å². The van der Waals surface area contributed by atoms with Crippen molar-refractivity contribution in [2.24, 2.45) is 0 Å². The van der Waals surface area contributed by atoms with Crippen molar-refractivity contribution < 1.29 is 9.47 Å². The number of nitrogens with one attached hydrogen (secondary N) is 1. The predicted molar refractivity (Wildman–Crippen MR) is 113 cm³/mol. The van der Waals surface area contributed by atoms with Crippen molar-refractivity contribution >= 4 is 40.5 Å². The first-order chi connectivity index (χ1) is 13.0. The van der Waals surface area contributed by atoms with Gasteiger partial charge in [0.25, 0.3) is 0 Å². The first-order valence-electron chi connectivity index (χ1n) is 8.28. The molecule has 1 N–H and O–H groups in total. The number of rotatable bonds is 7. The van der Waals surface area contributed by atoms with E-state index in [2.05, 4.69) is 5.32 Å². The molecular weight excluding hydrogens is 405 g/mol. The van der Waals surface area contributed by atoms with E-state index in [1.54, 1.807) is 19.2 Å². The number of methoxy groups -OCH3 is 1. The Balaban J connectivity index is 1.65. The van der Waals surface area contributed by atoms with Crippen LogP contribution in [0, 0.1) is 0 Å². The summed E-state index contributed by atoms with van der Waals surface area (Å²) < 4.78 is 11.3. The van der Waals surface area contributed by atoms with Crippen molar-refractivity contribution in [1.82, 2.24) is 0 Å². The monoisotopic (exact) mass is 421 g/mol. The number of hydrogen-bond donors (Lipinski definition) is 1. The second kappa shape index (κ2) is 9.23. The highest BCUT2D eigenvalue weighted by atomic mass is 35.5. The highest BCUT2D eigenvalue weighted by molar-refractivity contribution is 6.35. The van der Waals surface area contributed by atoms with Crippen LogP contribution in [0.5, 0.6) is 11.5 Å². The summed E-state index contributed by atoms with van der Waals surface area (Å²) in [5.41, 5.74) is 2.92. The average Bonchev–Trinajstić information content (AvgIpc) is 2.67. The fourth-order valence-electron chi connectivity index (χ4n) is 2.51. The van der Waals surface area contributed by atoms with Gasteiger partial charge in [0.05, 0.1) is 7.11 Å². The third-order valence-corrected chi connectivity index (χ3v) is 4.81. The lowest BCUT2D eigenvalue weighted by Gasteiger charge is -2.14. The molecule has 0 saturated carbocycles. The molecule has 0 aromatic heterocycles. The molecule has 0 fully saturated rings. The zero-order valence-electron chi connectivity index (χ0n) is 14.6. The summed E-state index contributed by atoms with van der Waals surface area (Å²) in [6, 6.07) is 18.7. The Morgan fingerprint density at radius 3 is 2.26 bits per heavy atom. The molecule has 6 heteroatoms. The number of halogens is 3. The Morgan fingerprint density at radius 1 is 0.815 bits per heavy atom. The van der Waals surface area contributed by atoms with E-state index >= 15 is 0 Å². The number of hydrogen-bond acceptors (Lipinski definition) is 3. The lowest BCUT2D eigenvalue weighted by molar-refractivity contribution is 0.284. The van der Waals surface area contributed by atoms with Gasteiger partial charge >= 0.3 is 0 Å². The maximum absolute atomic E-state index is 6.19. The Kier molecular flexibility index (Phi) is 6.73. The molecule has 0 saturated heterocycles. The summed E-state index contributed by atoms with van der Waals surface area (Å²) >= 11 is 18.0. The molecule has 0 aliphatic carbocycles. The van der Waals surface area contributed by atoms with Crippen LogP contribution in [-0.4, -0.2) is 7.11 Å². The Labute approximate surface area is 173 Å². The largest absolute Gasteiger partial charge is 0.493 e. The topological polar surface area (TPSA) is 30.5 Å². The summed E-state index contributed by atoms with van der Waals surface area (Å²) in [4.78, 5) is 0. The normalized spacial score (nSPS) is 10.5. The van der Waals surface area contributed by atoms with Gasteiger partial charge in [-0.25, -0.2) is 0 Å². The second-order valence-corrected chi connectivity index (χ2v) is 7.15. The average molecular weight is 423 g/mol. The lowest BCUT2D eigenvalue weighted by Crippen LogP contribution is -2.02. The summed E-state index contributed by atoms with van der Waals surface area (Å²) in [6.45, 7) is 0.982. The first kappa shape index (κ1) is 19.7. The van der Waals surface area contributed by atoms with Gasteiger partial charge in [0.15, 0.2) is 11.5 Å². The molecular formula is C21H18Cl3NO2. The summed E-state index contributed by atoms with van der Waals surface area (Å²) in [5, 5.41) is 5.23. The van der Waals surface area contributed by atoms with E-state index in [4.69, 9.17) is 44.3 Å². The molecule has 3 aromatic carbocycles. The molecule has 140 valence electrons. The SMILES string of the molecule is COc1cc(CNc2ccc(Cl)cc2)ccc1OCc1ccc(Cl)cc1Cl. The van der Waals surface area contributed by atoms with Gasteiger partial charge in [-0.1, -0.05) is 46.9 Å². The fraction of sp³-hybridized carbons (Fsp3) is 0.143. The van der Waals surface area contributed by atoms with Crippen LogP contribution in [-0.2, 0) is 13.2 Å². The van der Waals surface area contributed by atoms with E-state index in [1.165, 1.54) is 0 Å². The van der Waals surface area contributed by atoms with Gasteiger partial charge in [-0.3, -0.25) is 0 Å². The minimum atomic E-state index is 0.328. The molecule has 3 rings (SSSR count). The van der Waals surface area contributed by atoms with Gasteiger partial charge in [0, 0.05) is 32.9 Å². The van der Waals surface area contributed by atoms with Crippen molar-refractivity contribution in [1.29, 1.82) is 0 Å². The van der Waals surface area contributed by atoms with E-state index in [0.717, 1.165) is 16.8 Å². The molecule has 0 aliphatic rings. The number of anilines is 1. The van der Waals surface area contributed by atoms with Gasteiger partial charge in [0.1, 0.15) is 6.61 Å². The smallest absolute Gasteiger partial charge is 0.161 e. The minimum Gasteiger partial charge on any atom is -0.493 e. The van der Waals surface area contributed by atoms with Crippen LogP contribution in [0.15, 0.2) is 60.7 Å². The van der Waals surface area contributed by atoms with Gasteiger partial charge in [-0.15, -0.1) is 0 Å². The summed E-state index contributed by atoms with van der Waals surface area (Å²) in [5.74, 6) is 1.31. The van der Waals surface area contributed by atoms with Crippen LogP contribution in [0.3, 0.4) is 0 Å². The molecule has 0 aliphatic heterocycles. The van der Waals surface area contributed by atoms with Crippen molar-refractivity contribution in [2.45, 2.75) is 13.2 Å². The summed E-state index contributed by atoms with van der Waals surface area (Å²) in [6.07, 6.45) is 0. The van der Waals surface area contributed by atoms with Gasteiger partial charge in [-0.05, 0) is 54.1 Å². The lowest BCUT2D eigenvalue weighted by atomic mass is 10.2. The zero-order chi connectivity index (χ0) is 19.2. The van der Waals surface area contributed by atoms with Gasteiger partial charge in [0.2, 0.25) is 0 Å². The zero-order valence-corrected chi connectivity index (χ0v) is 16.9. The Hall–Kier alpha value is -2.07. The molecule has 0 amide bonds. The van der Waals surface area contributed by atoms with Crippen LogP contribution in [0.4, 0.5) is 5.69 Å². The fourth-order valence-corrected chi connectivity index (χ4v) is 3.10. The summed E-state index contributed by atoms with van der Waals surface area (Å²) in [7, 11) is 1.62. The molecule has 0 unspecified atom stereocenters. The van der Waals surface area contributed by atoms with Crippen LogP contribution >= 0.6 is 34.8 Å². The number of benzene rings is 3. The molecule has 0 radical (unpaired) electrons. The van der Waals surface area contributed by atoms with Gasteiger partial charge in [-0.2, -0.15) is 0 Å². The highest BCUT2D eigenvalue weighted by Gasteiger charge is 2.08. The van der Waals surface area contributed by atoms with Crippen molar-refractivity contribution in [3.63, 3.8) is 0 Å². The van der Waals surface area contributed by atoms with E-state index in [1.807, 2.05) is 48.5 Å². The second-order valence-electron chi connectivity index (χ2n) is 5.87. The Bertz CT molecular complexity index is 914. The third-order valence-electron chi connectivity index (χ3n) is 3.97. The molecule has 3 aromatic rings. The van der Waals surface area contributed by atoms with E-state index in [9.17, 15) is 0 Å². The maximum Gasteiger partial charge on any atom is 0.161 e. The quantitative estimate of drug-likeness (QED) is 0.452. The number of ether oxygens (including phenoxy) is 2. The van der Waals surface area contributed by atoms with E-state index in [0.29, 0.717) is 39.7 Å². The molecule has 0 atom stereocenters. The standard InChI is InChI=1S/C21H18Cl3NO2/c1-26-21-10-14(12-25-18-7-5-16(22)6-8-18)2-9-20(21)27-13-15-3-4-17(23)11-19(15)24/h2-11,25H,12-13H2,1H3. The molecule has 0 spiro atoms. The third kappa shape index (κ3) is 5.46. The van der Waals surface area contributed by atoms with Crippen molar-refractivity contribution in [3.05, 3.63) is 86.9 Å². The predicted octanol–water partition coefficient (Wildman–Crippen LogP) is 6.85. The van der Waals surface area contributed by atoms with Crippen LogP contribution in [0.1, 0.15) is 11.1 Å². The minimum absolute atomic E-state index is 0.328. The highest BCUT2D eigenvalue weighted by Crippen LogP contribution is 2.30. The van der Waals surface area contributed by atoms with Gasteiger partial charge < -0.3 is 14.8 Å². The van der Waals surface area contributed by atoms with Crippen molar-refractivity contribution in [3.8, 4) is 11.5 Å².